The SMILES string of the molecule is COC(=O)C1(n2cc(Cl)cn2)CC1. The van der Waals surface area contributed by atoms with E-state index in [9.17, 15) is 4.79 Å². The van der Waals surface area contributed by atoms with E-state index in [1.54, 1.807) is 10.9 Å². The molecule has 0 unspecified atom stereocenters. The summed E-state index contributed by atoms with van der Waals surface area (Å²) in [5.41, 5.74) is -0.568. The van der Waals surface area contributed by atoms with Gasteiger partial charge in [0.1, 0.15) is 0 Å². The smallest absolute Gasteiger partial charge is 0.333 e. The molecule has 0 atom stereocenters. The average Bonchev–Trinajstić information content (AvgIpc) is 2.83. The number of hydrogen-bond donors (Lipinski definition) is 0. The van der Waals surface area contributed by atoms with Crippen molar-refractivity contribution in [3.63, 3.8) is 0 Å². The fourth-order valence-corrected chi connectivity index (χ4v) is 1.51. The molecule has 70 valence electrons. The summed E-state index contributed by atoms with van der Waals surface area (Å²) in [4.78, 5) is 11.4. The van der Waals surface area contributed by atoms with E-state index in [1.165, 1.54) is 13.3 Å². The highest BCUT2D eigenvalue weighted by Gasteiger charge is 2.53. The molecule has 1 aromatic heterocycles. The van der Waals surface area contributed by atoms with Crippen molar-refractivity contribution in [1.82, 2.24) is 9.78 Å². The summed E-state index contributed by atoms with van der Waals surface area (Å²) in [5, 5.41) is 4.54. The minimum Gasteiger partial charge on any atom is -0.467 e. The van der Waals surface area contributed by atoms with Crippen molar-refractivity contribution in [2.45, 2.75) is 18.4 Å². The van der Waals surface area contributed by atoms with Crippen molar-refractivity contribution in [3.8, 4) is 0 Å². The van der Waals surface area contributed by atoms with E-state index < -0.39 is 5.54 Å². The van der Waals surface area contributed by atoms with E-state index in [2.05, 4.69) is 5.10 Å². The third-order valence-corrected chi connectivity index (χ3v) is 2.47. The number of methoxy groups -OCH3 is 1. The van der Waals surface area contributed by atoms with Gasteiger partial charge in [0.2, 0.25) is 0 Å². The molecule has 0 aromatic carbocycles. The molecule has 4 nitrogen and oxygen atoms in total. The molecule has 0 N–H and O–H groups in total. The molecule has 1 saturated carbocycles. The van der Waals surface area contributed by atoms with Crippen LogP contribution in [0.15, 0.2) is 12.4 Å². The first-order valence-corrected chi connectivity index (χ1v) is 4.36. The molecule has 1 heterocycles. The van der Waals surface area contributed by atoms with Crippen LogP contribution in [0.5, 0.6) is 0 Å². The number of hydrogen-bond acceptors (Lipinski definition) is 3. The second-order valence-electron chi connectivity index (χ2n) is 3.13. The van der Waals surface area contributed by atoms with Crippen molar-refractivity contribution in [2.24, 2.45) is 0 Å². The Labute approximate surface area is 80.4 Å². The highest BCUT2D eigenvalue weighted by molar-refractivity contribution is 6.30. The third-order valence-electron chi connectivity index (χ3n) is 2.28. The Balaban J connectivity index is 2.30. The molecule has 0 saturated heterocycles. The van der Waals surface area contributed by atoms with Gasteiger partial charge >= 0.3 is 5.97 Å². The van der Waals surface area contributed by atoms with Gasteiger partial charge in [0.15, 0.2) is 5.54 Å². The highest BCUT2D eigenvalue weighted by Crippen LogP contribution is 2.44. The number of halogens is 1. The molecule has 0 spiro atoms. The first-order valence-electron chi connectivity index (χ1n) is 3.98. The molecule has 5 heteroatoms. The second-order valence-corrected chi connectivity index (χ2v) is 3.56. The first-order chi connectivity index (χ1) is 6.19. The molecule has 2 rings (SSSR count). The summed E-state index contributed by atoms with van der Waals surface area (Å²) >= 11 is 5.71. The molecule has 13 heavy (non-hydrogen) atoms. The quantitative estimate of drug-likeness (QED) is 0.674. The molecule has 1 aromatic rings. The van der Waals surface area contributed by atoms with E-state index in [-0.39, 0.29) is 5.97 Å². The monoisotopic (exact) mass is 200 g/mol. The maximum Gasteiger partial charge on any atom is 0.333 e. The van der Waals surface area contributed by atoms with Crippen LogP contribution in [-0.4, -0.2) is 22.9 Å². The van der Waals surface area contributed by atoms with Crippen LogP contribution in [-0.2, 0) is 15.1 Å². The first kappa shape index (κ1) is 8.56. The lowest BCUT2D eigenvalue weighted by Crippen LogP contribution is -2.29. The van der Waals surface area contributed by atoms with Gasteiger partial charge in [-0.2, -0.15) is 5.10 Å². The summed E-state index contributed by atoms with van der Waals surface area (Å²) in [6, 6.07) is 0. The minimum atomic E-state index is -0.568. The van der Waals surface area contributed by atoms with E-state index in [0.717, 1.165) is 12.8 Å². The number of ether oxygens (including phenoxy) is 1. The molecule has 0 amide bonds. The standard InChI is InChI=1S/C8H9ClN2O2/c1-13-7(12)8(2-3-8)11-5-6(9)4-10-11/h4-5H,2-3H2,1H3. The maximum absolute atomic E-state index is 11.4. The van der Waals surface area contributed by atoms with Crippen LogP contribution in [0.25, 0.3) is 0 Å². The van der Waals surface area contributed by atoms with Crippen molar-refractivity contribution < 1.29 is 9.53 Å². The number of esters is 1. The molecular weight excluding hydrogens is 192 g/mol. The van der Waals surface area contributed by atoms with Gasteiger partial charge in [-0.15, -0.1) is 0 Å². The molecule has 1 aliphatic carbocycles. The van der Waals surface area contributed by atoms with Crippen LogP contribution in [0.4, 0.5) is 0 Å². The normalized spacial score (nSPS) is 18.3. The molecule has 0 bridgehead atoms. The van der Waals surface area contributed by atoms with Gasteiger partial charge in [0, 0.05) is 6.20 Å². The van der Waals surface area contributed by atoms with Crippen molar-refractivity contribution in [1.29, 1.82) is 0 Å². The molecular formula is C8H9ClN2O2. The van der Waals surface area contributed by atoms with Gasteiger partial charge in [-0.25, -0.2) is 4.79 Å². The number of carbonyl (C=O) groups excluding carboxylic acids is 1. The largest absolute Gasteiger partial charge is 0.467 e. The van der Waals surface area contributed by atoms with Gasteiger partial charge in [0.05, 0.1) is 18.3 Å². The highest BCUT2D eigenvalue weighted by atomic mass is 35.5. The molecule has 0 aliphatic heterocycles. The summed E-state index contributed by atoms with van der Waals surface area (Å²) in [5.74, 6) is -0.243. The van der Waals surface area contributed by atoms with E-state index >= 15 is 0 Å². The Bertz CT molecular complexity index is 344. The summed E-state index contributed by atoms with van der Waals surface area (Å²) < 4.78 is 6.28. The zero-order chi connectivity index (χ0) is 9.47. The van der Waals surface area contributed by atoms with Gasteiger partial charge in [0.25, 0.3) is 0 Å². The Morgan fingerprint density at radius 1 is 1.77 bits per heavy atom. The molecule has 0 radical (unpaired) electrons. The van der Waals surface area contributed by atoms with Crippen LogP contribution < -0.4 is 0 Å². The predicted octanol–water partition coefficient (Wildman–Crippen LogP) is 1.20. The lowest BCUT2D eigenvalue weighted by molar-refractivity contribution is -0.146. The Hall–Kier alpha value is -1.03. The lowest BCUT2D eigenvalue weighted by Gasteiger charge is -2.12. The Morgan fingerprint density at radius 2 is 2.46 bits per heavy atom. The topological polar surface area (TPSA) is 44.1 Å². The van der Waals surface area contributed by atoms with Gasteiger partial charge < -0.3 is 4.74 Å². The second kappa shape index (κ2) is 2.73. The van der Waals surface area contributed by atoms with Crippen LogP contribution in [0.2, 0.25) is 5.02 Å². The maximum atomic E-state index is 11.4. The van der Waals surface area contributed by atoms with Crippen LogP contribution in [0.1, 0.15) is 12.8 Å². The number of carbonyl (C=O) groups is 1. The predicted molar refractivity (Wildman–Crippen MR) is 46.5 cm³/mol. The summed E-state index contributed by atoms with van der Waals surface area (Å²) in [7, 11) is 1.38. The van der Waals surface area contributed by atoms with E-state index in [4.69, 9.17) is 16.3 Å². The average molecular weight is 201 g/mol. The fraction of sp³-hybridized carbons (Fsp3) is 0.500. The van der Waals surface area contributed by atoms with E-state index in [1.807, 2.05) is 0 Å². The van der Waals surface area contributed by atoms with Crippen LogP contribution in [0.3, 0.4) is 0 Å². The Morgan fingerprint density at radius 3 is 2.85 bits per heavy atom. The lowest BCUT2D eigenvalue weighted by atomic mass is 10.3. The van der Waals surface area contributed by atoms with Gasteiger partial charge in [-0.1, -0.05) is 11.6 Å². The number of nitrogens with zero attached hydrogens (tertiary/aromatic N) is 2. The molecule has 1 fully saturated rings. The van der Waals surface area contributed by atoms with Gasteiger partial charge in [-0.3, -0.25) is 4.68 Å². The summed E-state index contributed by atoms with van der Waals surface area (Å²) in [6.07, 6.45) is 4.71. The zero-order valence-electron chi connectivity index (χ0n) is 7.16. The summed E-state index contributed by atoms with van der Waals surface area (Å²) in [6.45, 7) is 0. The van der Waals surface area contributed by atoms with E-state index in [0.29, 0.717) is 5.02 Å². The number of aromatic nitrogens is 2. The van der Waals surface area contributed by atoms with Gasteiger partial charge in [-0.05, 0) is 12.8 Å². The van der Waals surface area contributed by atoms with Crippen LogP contribution in [0, 0.1) is 0 Å². The fourth-order valence-electron chi connectivity index (χ4n) is 1.37. The van der Waals surface area contributed by atoms with Crippen LogP contribution >= 0.6 is 11.6 Å². The third kappa shape index (κ3) is 1.21. The van der Waals surface area contributed by atoms with Crippen molar-refractivity contribution in [2.75, 3.05) is 7.11 Å². The minimum absolute atomic E-state index is 0.243. The van der Waals surface area contributed by atoms with Crippen molar-refractivity contribution >= 4 is 17.6 Å². The van der Waals surface area contributed by atoms with Crippen molar-refractivity contribution in [3.05, 3.63) is 17.4 Å². The zero-order valence-corrected chi connectivity index (χ0v) is 7.91. The Kier molecular flexibility index (Phi) is 1.80. The number of rotatable bonds is 2. The molecule has 1 aliphatic rings.